The van der Waals surface area contributed by atoms with Crippen LogP contribution in [0.4, 0.5) is 0 Å². The molecule has 2 unspecified atom stereocenters. The Morgan fingerprint density at radius 2 is 2.25 bits per heavy atom. The zero-order valence-corrected chi connectivity index (χ0v) is 14.4. The maximum Gasteiger partial charge on any atom is 0.284 e. The van der Waals surface area contributed by atoms with Crippen LogP contribution in [0.2, 0.25) is 0 Å². The van der Waals surface area contributed by atoms with Crippen molar-refractivity contribution in [3.63, 3.8) is 0 Å². The molecule has 1 aliphatic heterocycles. The summed E-state index contributed by atoms with van der Waals surface area (Å²) >= 11 is 0. The van der Waals surface area contributed by atoms with Crippen molar-refractivity contribution in [2.45, 2.75) is 57.8 Å². The Morgan fingerprint density at radius 1 is 1.46 bits per heavy atom. The first-order valence-corrected chi connectivity index (χ1v) is 8.76. The second-order valence-corrected chi connectivity index (χ2v) is 6.68. The molecule has 3 rings (SSSR count). The van der Waals surface area contributed by atoms with Gasteiger partial charge in [0.05, 0.1) is 0 Å². The van der Waals surface area contributed by atoms with Crippen LogP contribution >= 0.6 is 0 Å². The predicted molar refractivity (Wildman–Crippen MR) is 92.8 cm³/mol. The Labute approximate surface area is 142 Å². The van der Waals surface area contributed by atoms with Crippen LogP contribution in [0.5, 0.6) is 0 Å². The van der Waals surface area contributed by atoms with Gasteiger partial charge in [-0.1, -0.05) is 0 Å². The van der Waals surface area contributed by atoms with Crippen molar-refractivity contribution in [2.24, 2.45) is 10.7 Å². The molecular weight excluding hydrogens is 306 g/mol. The smallest absolute Gasteiger partial charge is 0.284 e. The molecule has 1 aromatic heterocycles. The van der Waals surface area contributed by atoms with E-state index >= 15 is 0 Å². The fourth-order valence-electron chi connectivity index (χ4n) is 3.34. The second kappa shape index (κ2) is 7.25. The van der Waals surface area contributed by atoms with E-state index in [9.17, 15) is 4.79 Å². The normalized spacial score (nSPS) is 25.0. The molecule has 0 bridgehead atoms. The zero-order chi connectivity index (χ0) is 17.1. The number of nitrogens with zero attached hydrogens (tertiary/aromatic N) is 2. The first kappa shape index (κ1) is 16.8. The molecule has 1 saturated heterocycles. The van der Waals surface area contributed by atoms with Gasteiger partial charge in [0, 0.05) is 31.2 Å². The van der Waals surface area contributed by atoms with Gasteiger partial charge in [-0.2, -0.15) is 0 Å². The highest BCUT2D eigenvalue weighted by Crippen LogP contribution is 2.33. The van der Waals surface area contributed by atoms with Gasteiger partial charge in [0.25, 0.3) is 5.91 Å². The second-order valence-electron chi connectivity index (χ2n) is 6.68. The molecule has 1 saturated carbocycles. The molecule has 7 heteroatoms. The molecule has 1 aliphatic carbocycles. The van der Waals surface area contributed by atoms with Crippen LogP contribution in [0.25, 0.3) is 0 Å². The Bertz CT molecular complexity index is 608. The van der Waals surface area contributed by atoms with Crippen molar-refractivity contribution in [3.05, 3.63) is 23.7 Å². The van der Waals surface area contributed by atoms with Gasteiger partial charge in [0.2, 0.25) is 0 Å². The Hall–Kier alpha value is -2.02. The monoisotopic (exact) mass is 333 g/mol. The lowest BCUT2D eigenvalue weighted by Crippen LogP contribution is -2.44. The lowest BCUT2D eigenvalue weighted by Gasteiger charge is -2.20. The molecule has 0 spiro atoms. The van der Waals surface area contributed by atoms with E-state index in [1.54, 1.807) is 12.1 Å². The Kier molecular flexibility index (Phi) is 5.08. The number of furan rings is 1. The zero-order valence-electron chi connectivity index (χ0n) is 14.4. The molecule has 2 fully saturated rings. The van der Waals surface area contributed by atoms with Crippen LogP contribution in [-0.2, 0) is 6.54 Å². The number of hydrogen-bond acceptors (Lipinski definition) is 4. The average molecular weight is 333 g/mol. The molecule has 1 aromatic rings. The summed E-state index contributed by atoms with van der Waals surface area (Å²) in [6, 6.07) is 5.15. The number of carbonyl (C=O) groups is 1. The number of nitrogens with two attached hydrogens (primary N) is 1. The van der Waals surface area contributed by atoms with Gasteiger partial charge < -0.3 is 20.8 Å². The molecular formula is C17H27N5O2. The molecule has 1 amide bonds. The first-order valence-electron chi connectivity index (χ1n) is 8.76. The fourth-order valence-corrected chi connectivity index (χ4v) is 3.34. The third-order valence-corrected chi connectivity index (χ3v) is 4.62. The molecule has 7 nitrogen and oxygen atoms in total. The predicted octanol–water partition coefficient (Wildman–Crippen LogP) is 1.06. The van der Waals surface area contributed by atoms with Gasteiger partial charge in [-0.3, -0.25) is 9.69 Å². The van der Waals surface area contributed by atoms with E-state index in [4.69, 9.17) is 10.2 Å². The largest absolute Gasteiger partial charge is 0.454 e. The van der Waals surface area contributed by atoms with Gasteiger partial charge in [-0.15, -0.1) is 0 Å². The minimum absolute atomic E-state index is 0.169. The third kappa shape index (κ3) is 4.08. The Balaban J connectivity index is 1.58. The Morgan fingerprint density at radius 3 is 2.88 bits per heavy atom. The fraction of sp³-hybridized carbons (Fsp3) is 0.647. The number of primary amides is 1. The van der Waals surface area contributed by atoms with Gasteiger partial charge in [-0.05, 0) is 45.2 Å². The van der Waals surface area contributed by atoms with Crippen LogP contribution in [0.1, 0.15) is 49.4 Å². The van der Waals surface area contributed by atoms with Crippen molar-refractivity contribution >= 4 is 11.9 Å². The quantitative estimate of drug-likeness (QED) is 0.534. The molecule has 24 heavy (non-hydrogen) atoms. The summed E-state index contributed by atoms with van der Waals surface area (Å²) in [6.45, 7) is 6.59. The third-order valence-electron chi connectivity index (χ3n) is 4.62. The number of hydrogen-bond donors (Lipinski definition) is 3. The summed E-state index contributed by atoms with van der Waals surface area (Å²) in [7, 11) is 0. The van der Waals surface area contributed by atoms with Crippen LogP contribution in [0.3, 0.4) is 0 Å². The summed E-state index contributed by atoms with van der Waals surface area (Å²) in [5.41, 5.74) is 5.20. The number of carbonyl (C=O) groups excluding carboxylic acids is 1. The van der Waals surface area contributed by atoms with Gasteiger partial charge in [0.15, 0.2) is 11.7 Å². The summed E-state index contributed by atoms with van der Waals surface area (Å²) in [6.07, 6.45) is 3.81. The number of likely N-dealkylation sites (tertiary alicyclic amines) is 1. The van der Waals surface area contributed by atoms with Crippen LogP contribution < -0.4 is 16.4 Å². The van der Waals surface area contributed by atoms with Crippen molar-refractivity contribution in [1.82, 2.24) is 15.5 Å². The molecule has 2 aliphatic rings. The van der Waals surface area contributed by atoms with E-state index in [1.165, 1.54) is 12.8 Å². The molecule has 0 radical (unpaired) electrons. The van der Waals surface area contributed by atoms with Gasteiger partial charge in [-0.25, -0.2) is 4.99 Å². The van der Waals surface area contributed by atoms with Gasteiger partial charge in [0.1, 0.15) is 12.3 Å². The van der Waals surface area contributed by atoms with Crippen LogP contribution in [0, 0.1) is 0 Å². The van der Waals surface area contributed by atoms with E-state index in [2.05, 4.69) is 27.4 Å². The summed E-state index contributed by atoms with van der Waals surface area (Å²) < 4.78 is 5.37. The van der Waals surface area contributed by atoms with Crippen molar-refractivity contribution in [2.75, 3.05) is 13.1 Å². The van der Waals surface area contributed by atoms with E-state index in [0.29, 0.717) is 24.4 Å². The number of nitrogens with one attached hydrogen (secondary N) is 2. The van der Waals surface area contributed by atoms with Gasteiger partial charge >= 0.3 is 0 Å². The number of guanidine groups is 1. The van der Waals surface area contributed by atoms with E-state index in [1.807, 2.05) is 6.92 Å². The number of amides is 1. The molecule has 4 N–H and O–H groups in total. The lowest BCUT2D eigenvalue weighted by molar-refractivity contribution is 0.0972. The standard InChI is InChI=1S/C17H27N5O2/c1-3-19-17(20-9-14-6-7-15(24-14)16(18)23)21-12-8-11(2)22(10-12)13-4-5-13/h6-7,11-13H,3-5,8-10H2,1-2H3,(H2,18,23)(H2,19,20,21). The molecule has 2 heterocycles. The summed E-state index contributed by atoms with van der Waals surface area (Å²) in [5, 5.41) is 6.79. The SMILES string of the molecule is CCNC(=NCc1ccc(C(N)=O)o1)NC1CC(C)N(C2CC2)C1. The summed E-state index contributed by atoms with van der Waals surface area (Å²) in [4.78, 5) is 18.2. The van der Waals surface area contributed by atoms with Crippen molar-refractivity contribution < 1.29 is 9.21 Å². The minimum atomic E-state index is -0.560. The van der Waals surface area contributed by atoms with E-state index in [-0.39, 0.29) is 5.76 Å². The number of aliphatic imine (C=N–C) groups is 1. The maximum atomic E-state index is 11.1. The highest BCUT2D eigenvalue weighted by molar-refractivity contribution is 5.89. The molecule has 2 atom stereocenters. The first-order chi connectivity index (χ1) is 11.6. The lowest BCUT2D eigenvalue weighted by atomic mass is 10.2. The number of rotatable bonds is 6. The minimum Gasteiger partial charge on any atom is -0.454 e. The summed E-state index contributed by atoms with van der Waals surface area (Å²) in [5.74, 6) is 1.02. The van der Waals surface area contributed by atoms with Crippen LogP contribution in [0.15, 0.2) is 21.5 Å². The maximum absolute atomic E-state index is 11.1. The van der Waals surface area contributed by atoms with E-state index in [0.717, 1.165) is 31.5 Å². The molecule has 0 aromatic carbocycles. The highest BCUT2D eigenvalue weighted by atomic mass is 16.3. The average Bonchev–Trinajstić information content (AvgIpc) is 3.14. The van der Waals surface area contributed by atoms with Crippen molar-refractivity contribution in [3.8, 4) is 0 Å². The van der Waals surface area contributed by atoms with Crippen LogP contribution in [-0.4, -0.2) is 48.0 Å². The molecule has 132 valence electrons. The van der Waals surface area contributed by atoms with Crippen molar-refractivity contribution in [1.29, 1.82) is 0 Å². The van der Waals surface area contributed by atoms with E-state index < -0.39 is 5.91 Å². The highest BCUT2D eigenvalue weighted by Gasteiger charge is 2.38. The topological polar surface area (TPSA) is 95.9 Å².